The van der Waals surface area contributed by atoms with Crippen molar-refractivity contribution in [3.8, 4) is 0 Å². The number of piperazine rings is 1. The van der Waals surface area contributed by atoms with Crippen LogP contribution in [0.3, 0.4) is 0 Å². The highest BCUT2D eigenvalue weighted by molar-refractivity contribution is 7.98. The van der Waals surface area contributed by atoms with Crippen LogP contribution in [0.25, 0.3) is 0 Å². The first-order valence-corrected chi connectivity index (χ1v) is 7.93. The predicted octanol–water partition coefficient (Wildman–Crippen LogP) is 1.50. The van der Waals surface area contributed by atoms with E-state index in [1.54, 1.807) is 16.7 Å². The third-order valence-corrected chi connectivity index (χ3v) is 3.85. The highest BCUT2D eigenvalue weighted by Gasteiger charge is 2.34. The summed E-state index contributed by atoms with van der Waals surface area (Å²) in [5.74, 6) is 1.47. The Morgan fingerprint density at radius 1 is 1.39 bits per heavy atom. The van der Waals surface area contributed by atoms with Gasteiger partial charge in [-0.25, -0.2) is 0 Å². The Balaban J connectivity index is 2.66. The molecule has 0 saturated carbocycles. The molecule has 18 heavy (non-hydrogen) atoms. The summed E-state index contributed by atoms with van der Waals surface area (Å²) in [4.78, 5) is 25.7. The maximum atomic E-state index is 12.3. The van der Waals surface area contributed by atoms with Crippen molar-refractivity contribution < 1.29 is 9.59 Å². The first-order chi connectivity index (χ1) is 8.45. The normalized spacial score (nSPS) is 22.3. The molecule has 4 nitrogen and oxygen atoms in total. The molecule has 0 bridgehead atoms. The molecule has 0 spiro atoms. The second-order valence-electron chi connectivity index (χ2n) is 5.35. The molecule has 104 valence electrons. The van der Waals surface area contributed by atoms with Crippen LogP contribution in [0.4, 0.5) is 0 Å². The van der Waals surface area contributed by atoms with E-state index in [0.29, 0.717) is 5.92 Å². The number of nitrogens with zero attached hydrogens (tertiary/aromatic N) is 1. The van der Waals surface area contributed by atoms with Crippen LogP contribution in [0.15, 0.2) is 0 Å². The maximum absolute atomic E-state index is 12.3. The average molecular weight is 272 g/mol. The van der Waals surface area contributed by atoms with E-state index in [1.165, 1.54) is 0 Å². The standard InChI is InChI=1S/C13H24N2O2S/c1-9(2)7-11-13(17)15(8-12(16)14-11)10(3)5-6-18-4/h9-11H,5-8H2,1-4H3,(H,14,16). The van der Waals surface area contributed by atoms with E-state index in [4.69, 9.17) is 0 Å². The van der Waals surface area contributed by atoms with E-state index < -0.39 is 0 Å². The minimum absolute atomic E-state index is 0.0312. The van der Waals surface area contributed by atoms with E-state index in [2.05, 4.69) is 25.4 Å². The van der Waals surface area contributed by atoms with E-state index in [9.17, 15) is 9.59 Å². The van der Waals surface area contributed by atoms with Crippen LogP contribution < -0.4 is 5.32 Å². The number of carbonyl (C=O) groups is 2. The third-order valence-electron chi connectivity index (χ3n) is 3.21. The number of nitrogens with one attached hydrogen (secondary N) is 1. The lowest BCUT2D eigenvalue weighted by molar-refractivity contribution is -0.146. The SMILES string of the molecule is CSCCC(C)N1CC(=O)NC(CC(C)C)C1=O. The second-order valence-corrected chi connectivity index (χ2v) is 6.33. The van der Waals surface area contributed by atoms with Crippen LogP contribution >= 0.6 is 11.8 Å². The summed E-state index contributed by atoms with van der Waals surface area (Å²) in [6.45, 7) is 6.37. The largest absolute Gasteiger partial charge is 0.343 e. The van der Waals surface area contributed by atoms with Crippen LogP contribution in [0.2, 0.25) is 0 Å². The van der Waals surface area contributed by atoms with Crippen LogP contribution in [0.5, 0.6) is 0 Å². The highest BCUT2D eigenvalue weighted by Crippen LogP contribution is 2.16. The molecule has 1 saturated heterocycles. The summed E-state index contributed by atoms with van der Waals surface area (Å²) < 4.78 is 0. The fourth-order valence-corrected chi connectivity index (χ4v) is 2.76. The van der Waals surface area contributed by atoms with Crippen molar-refractivity contribution in [3.05, 3.63) is 0 Å². The van der Waals surface area contributed by atoms with Gasteiger partial charge in [-0.1, -0.05) is 13.8 Å². The minimum Gasteiger partial charge on any atom is -0.343 e. The third kappa shape index (κ3) is 4.19. The van der Waals surface area contributed by atoms with Gasteiger partial charge in [0.15, 0.2) is 0 Å². The van der Waals surface area contributed by atoms with E-state index in [0.717, 1.165) is 18.6 Å². The van der Waals surface area contributed by atoms with Gasteiger partial charge in [-0.15, -0.1) is 0 Å². The monoisotopic (exact) mass is 272 g/mol. The van der Waals surface area contributed by atoms with Gasteiger partial charge >= 0.3 is 0 Å². The number of carbonyl (C=O) groups excluding carboxylic acids is 2. The molecule has 0 aliphatic carbocycles. The maximum Gasteiger partial charge on any atom is 0.245 e. The number of thioether (sulfide) groups is 1. The first-order valence-electron chi connectivity index (χ1n) is 6.54. The van der Waals surface area contributed by atoms with Gasteiger partial charge in [0.1, 0.15) is 6.04 Å². The fraction of sp³-hybridized carbons (Fsp3) is 0.846. The predicted molar refractivity (Wildman–Crippen MR) is 75.6 cm³/mol. The summed E-state index contributed by atoms with van der Waals surface area (Å²) in [5.41, 5.74) is 0. The number of hydrogen-bond acceptors (Lipinski definition) is 3. The number of amides is 2. The molecule has 0 radical (unpaired) electrons. The quantitative estimate of drug-likeness (QED) is 0.797. The van der Waals surface area contributed by atoms with Crippen LogP contribution in [-0.2, 0) is 9.59 Å². The Bertz CT molecular complexity index is 307. The van der Waals surface area contributed by atoms with Gasteiger partial charge in [-0.05, 0) is 37.7 Å². The van der Waals surface area contributed by atoms with E-state index >= 15 is 0 Å². The summed E-state index contributed by atoms with van der Waals surface area (Å²) >= 11 is 1.77. The summed E-state index contributed by atoms with van der Waals surface area (Å²) in [6, 6.07) is -0.186. The van der Waals surface area contributed by atoms with Crippen LogP contribution in [0, 0.1) is 5.92 Å². The molecule has 1 fully saturated rings. The molecule has 1 aliphatic heterocycles. The molecule has 2 atom stereocenters. The summed E-state index contributed by atoms with van der Waals surface area (Å²) in [5, 5.41) is 2.80. The van der Waals surface area contributed by atoms with Gasteiger partial charge in [0, 0.05) is 6.04 Å². The topological polar surface area (TPSA) is 49.4 Å². The minimum atomic E-state index is -0.331. The summed E-state index contributed by atoms with van der Waals surface area (Å²) in [7, 11) is 0. The Kier molecular flexibility index (Phi) is 5.99. The Morgan fingerprint density at radius 2 is 2.06 bits per heavy atom. The van der Waals surface area contributed by atoms with Gasteiger partial charge in [-0.2, -0.15) is 11.8 Å². The smallest absolute Gasteiger partial charge is 0.245 e. The van der Waals surface area contributed by atoms with Crippen molar-refractivity contribution in [2.45, 2.75) is 45.7 Å². The molecular formula is C13H24N2O2S. The average Bonchev–Trinajstić information content (AvgIpc) is 2.29. The molecular weight excluding hydrogens is 248 g/mol. The Labute approximate surface area is 114 Å². The lowest BCUT2D eigenvalue weighted by Crippen LogP contribution is -2.60. The molecule has 5 heteroatoms. The fourth-order valence-electron chi connectivity index (χ4n) is 2.18. The van der Waals surface area contributed by atoms with E-state index in [-0.39, 0.29) is 30.4 Å². The molecule has 2 unspecified atom stereocenters. The molecule has 1 aliphatic rings. The molecule has 0 aromatic heterocycles. The Morgan fingerprint density at radius 3 is 2.61 bits per heavy atom. The highest BCUT2D eigenvalue weighted by atomic mass is 32.2. The lowest BCUT2D eigenvalue weighted by Gasteiger charge is -2.37. The molecule has 1 rings (SSSR count). The zero-order valence-corrected chi connectivity index (χ0v) is 12.5. The van der Waals surface area contributed by atoms with E-state index in [1.807, 2.05) is 6.92 Å². The van der Waals surface area contributed by atoms with Crippen LogP contribution in [-0.4, -0.2) is 47.4 Å². The molecule has 0 aromatic carbocycles. The van der Waals surface area contributed by atoms with Crippen molar-refractivity contribution in [3.63, 3.8) is 0 Å². The van der Waals surface area contributed by atoms with Gasteiger partial charge < -0.3 is 10.2 Å². The zero-order valence-electron chi connectivity index (χ0n) is 11.7. The van der Waals surface area contributed by atoms with Gasteiger partial charge in [0.25, 0.3) is 0 Å². The molecule has 1 N–H and O–H groups in total. The Hall–Kier alpha value is -0.710. The van der Waals surface area contributed by atoms with Gasteiger partial charge in [0.05, 0.1) is 6.54 Å². The van der Waals surface area contributed by atoms with Crippen molar-refractivity contribution in [2.24, 2.45) is 5.92 Å². The second kappa shape index (κ2) is 7.02. The van der Waals surface area contributed by atoms with Crippen molar-refractivity contribution in [1.29, 1.82) is 0 Å². The number of hydrogen-bond donors (Lipinski definition) is 1. The summed E-state index contributed by atoms with van der Waals surface area (Å²) in [6.07, 6.45) is 3.71. The molecule has 0 aromatic rings. The van der Waals surface area contributed by atoms with Crippen molar-refractivity contribution in [2.75, 3.05) is 18.6 Å². The first kappa shape index (κ1) is 15.3. The lowest BCUT2D eigenvalue weighted by atomic mass is 10.00. The van der Waals surface area contributed by atoms with Crippen molar-refractivity contribution >= 4 is 23.6 Å². The van der Waals surface area contributed by atoms with Gasteiger partial charge in [-0.3, -0.25) is 9.59 Å². The van der Waals surface area contributed by atoms with Crippen molar-refractivity contribution in [1.82, 2.24) is 10.2 Å². The van der Waals surface area contributed by atoms with Crippen LogP contribution in [0.1, 0.15) is 33.6 Å². The van der Waals surface area contributed by atoms with Gasteiger partial charge in [0.2, 0.25) is 11.8 Å². The number of rotatable bonds is 6. The molecule has 2 amide bonds. The molecule has 1 heterocycles. The zero-order chi connectivity index (χ0) is 13.7.